The summed E-state index contributed by atoms with van der Waals surface area (Å²) in [4.78, 5) is 15.4. The molecule has 1 aromatic rings. The van der Waals surface area contributed by atoms with Crippen LogP contribution in [-0.2, 0) is 15.6 Å². The molecule has 136 valence electrons. The van der Waals surface area contributed by atoms with Gasteiger partial charge in [0.15, 0.2) is 11.5 Å². The van der Waals surface area contributed by atoms with E-state index in [2.05, 4.69) is 10.2 Å². The first-order valence-electron chi connectivity index (χ1n) is 9.02. The Morgan fingerprint density at radius 2 is 1.96 bits per heavy atom. The van der Waals surface area contributed by atoms with Crippen molar-refractivity contribution in [2.45, 2.75) is 42.7 Å². The molecule has 2 fully saturated rings. The van der Waals surface area contributed by atoms with Gasteiger partial charge >= 0.3 is 0 Å². The molecule has 1 amide bonds. The largest absolute Gasteiger partial charge is 0.486 e. The molecule has 6 nitrogen and oxygen atoms in total. The number of fused-ring (bicyclic) bond motifs is 3. The minimum Gasteiger partial charge on any atom is -0.486 e. The zero-order valence-electron chi connectivity index (χ0n) is 14.2. The van der Waals surface area contributed by atoms with Crippen molar-refractivity contribution in [1.29, 1.82) is 0 Å². The Labute approximate surface area is 150 Å². The Bertz CT molecular complexity index is 667. The summed E-state index contributed by atoms with van der Waals surface area (Å²) in [6.07, 6.45) is 3.53. The lowest BCUT2D eigenvalue weighted by atomic mass is 10.1. The van der Waals surface area contributed by atoms with Crippen molar-refractivity contribution in [3.63, 3.8) is 0 Å². The average molecular weight is 364 g/mol. The topological polar surface area (TPSA) is 67.9 Å². The SMILES string of the molecule is O=C(CCS(=O)c1ccc2c(c1)OCCO2)N1C2CCNCC1CC2. The third-order valence-corrected chi connectivity index (χ3v) is 6.57. The fourth-order valence-electron chi connectivity index (χ4n) is 3.98. The molecular formula is C18H24N2O4S. The quantitative estimate of drug-likeness (QED) is 0.872. The van der Waals surface area contributed by atoms with Crippen LogP contribution in [0.3, 0.4) is 0 Å². The lowest BCUT2D eigenvalue weighted by Gasteiger charge is -2.28. The van der Waals surface area contributed by atoms with Crippen molar-refractivity contribution in [3.05, 3.63) is 18.2 Å². The van der Waals surface area contributed by atoms with Gasteiger partial charge in [-0.15, -0.1) is 0 Å². The van der Waals surface area contributed by atoms with Crippen LogP contribution in [0, 0.1) is 0 Å². The van der Waals surface area contributed by atoms with E-state index in [9.17, 15) is 9.00 Å². The van der Waals surface area contributed by atoms with Gasteiger partial charge in [-0.05, 0) is 37.9 Å². The first-order valence-corrected chi connectivity index (χ1v) is 10.3. The van der Waals surface area contributed by atoms with Crippen molar-refractivity contribution in [1.82, 2.24) is 10.2 Å². The molecule has 7 heteroatoms. The number of carbonyl (C=O) groups excluding carboxylic acids is 1. The summed E-state index contributed by atoms with van der Waals surface area (Å²) in [5.74, 6) is 1.82. The summed E-state index contributed by atoms with van der Waals surface area (Å²) < 4.78 is 23.6. The summed E-state index contributed by atoms with van der Waals surface area (Å²) in [6, 6.07) is 6.03. The van der Waals surface area contributed by atoms with E-state index in [4.69, 9.17) is 9.47 Å². The number of nitrogens with one attached hydrogen (secondary N) is 1. The van der Waals surface area contributed by atoms with Gasteiger partial charge in [0.2, 0.25) is 5.91 Å². The van der Waals surface area contributed by atoms with Gasteiger partial charge in [0.1, 0.15) is 13.2 Å². The van der Waals surface area contributed by atoms with Gasteiger partial charge in [-0.25, -0.2) is 0 Å². The summed E-state index contributed by atoms with van der Waals surface area (Å²) in [7, 11) is -1.21. The van der Waals surface area contributed by atoms with Crippen molar-refractivity contribution in [3.8, 4) is 11.5 Å². The molecule has 3 atom stereocenters. The fourth-order valence-corrected chi connectivity index (χ4v) is 5.04. The molecule has 4 rings (SSSR count). The number of hydrogen-bond acceptors (Lipinski definition) is 5. The van der Waals surface area contributed by atoms with Crippen LogP contribution < -0.4 is 14.8 Å². The van der Waals surface area contributed by atoms with Crippen LogP contribution in [0.1, 0.15) is 25.7 Å². The first-order chi connectivity index (χ1) is 12.2. The van der Waals surface area contributed by atoms with E-state index in [0.717, 1.165) is 32.4 Å². The second-order valence-corrected chi connectivity index (χ2v) is 8.35. The molecule has 1 N–H and O–H groups in total. The minimum atomic E-state index is -1.21. The minimum absolute atomic E-state index is 0.141. The molecule has 2 saturated heterocycles. The lowest BCUT2D eigenvalue weighted by molar-refractivity contribution is -0.133. The highest BCUT2D eigenvalue weighted by atomic mass is 32.2. The molecule has 25 heavy (non-hydrogen) atoms. The molecule has 2 bridgehead atoms. The monoisotopic (exact) mass is 364 g/mol. The molecule has 3 aliphatic rings. The number of nitrogens with zero attached hydrogens (tertiary/aromatic N) is 1. The van der Waals surface area contributed by atoms with Crippen LogP contribution >= 0.6 is 0 Å². The summed E-state index contributed by atoms with van der Waals surface area (Å²) in [5.41, 5.74) is 0. The van der Waals surface area contributed by atoms with E-state index in [1.54, 1.807) is 18.2 Å². The first kappa shape index (κ1) is 16.8. The predicted molar refractivity (Wildman–Crippen MR) is 94.5 cm³/mol. The van der Waals surface area contributed by atoms with Crippen LogP contribution in [0.2, 0.25) is 0 Å². The zero-order valence-corrected chi connectivity index (χ0v) is 15.1. The van der Waals surface area contributed by atoms with Crippen molar-refractivity contribution >= 4 is 16.7 Å². The van der Waals surface area contributed by atoms with Crippen molar-refractivity contribution < 1.29 is 18.5 Å². The maximum Gasteiger partial charge on any atom is 0.224 e. The van der Waals surface area contributed by atoms with Gasteiger partial charge in [-0.1, -0.05) is 0 Å². The third kappa shape index (κ3) is 3.53. The van der Waals surface area contributed by atoms with E-state index in [0.29, 0.717) is 53.9 Å². The molecule has 3 aliphatic heterocycles. The second kappa shape index (κ2) is 7.33. The molecule has 0 aliphatic carbocycles. The standard InChI is InChI=1S/C18H24N2O4S/c21-18(20-13-1-2-14(20)12-19-7-5-13)6-10-25(22)15-3-4-16-17(11-15)24-9-8-23-16/h3-4,11,13-14,19H,1-2,5-10,12H2. The molecule has 0 saturated carbocycles. The molecule has 3 heterocycles. The Kier molecular flexibility index (Phi) is 4.94. The molecule has 0 radical (unpaired) electrons. The van der Waals surface area contributed by atoms with E-state index in [-0.39, 0.29) is 5.91 Å². The maximum atomic E-state index is 12.7. The lowest BCUT2D eigenvalue weighted by Crippen LogP contribution is -2.42. The summed E-state index contributed by atoms with van der Waals surface area (Å²) in [6.45, 7) is 2.91. The Morgan fingerprint density at radius 1 is 1.16 bits per heavy atom. The second-order valence-electron chi connectivity index (χ2n) is 6.78. The molecule has 0 aromatic heterocycles. The highest BCUT2D eigenvalue weighted by Gasteiger charge is 2.37. The summed E-state index contributed by atoms with van der Waals surface area (Å²) in [5, 5.41) is 3.40. The normalized spacial score (nSPS) is 26.2. The van der Waals surface area contributed by atoms with Crippen LogP contribution in [0.25, 0.3) is 0 Å². The van der Waals surface area contributed by atoms with Gasteiger partial charge in [-0.2, -0.15) is 0 Å². The number of ether oxygens (including phenoxy) is 2. The van der Waals surface area contributed by atoms with Gasteiger partial charge in [0.25, 0.3) is 0 Å². The Morgan fingerprint density at radius 3 is 2.84 bits per heavy atom. The molecule has 1 aromatic carbocycles. The van der Waals surface area contributed by atoms with Gasteiger partial charge in [-0.3, -0.25) is 9.00 Å². The zero-order chi connectivity index (χ0) is 17.2. The van der Waals surface area contributed by atoms with Crippen molar-refractivity contribution in [2.24, 2.45) is 0 Å². The fraction of sp³-hybridized carbons (Fsp3) is 0.611. The van der Waals surface area contributed by atoms with Crippen molar-refractivity contribution in [2.75, 3.05) is 32.1 Å². The van der Waals surface area contributed by atoms with Gasteiger partial charge in [0.05, 0.1) is 10.8 Å². The Balaban J connectivity index is 1.37. The van der Waals surface area contributed by atoms with Crippen LogP contribution in [0.15, 0.2) is 23.1 Å². The number of hydrogen-bond donors (Lipinski definition) is 1. The number of rotatable bonds is 4. The highest BCUT2D eigenvalue weighted by Crippen LogP contribution is 2.32. The Hall–Kier alpha value is -1.60. The predicted octanol–water partition coefficient (Wildman–Crippen LogP) is 1.31. The average Bonchev–Trinajstić information content (AvgIpc) is 2.91. The van der Waals surface area contributed by atoms with Crippen LogP contribution in [0.5, 0.6) is 11.5 Å². The number of amides is 1. The van der Waals surface area contributed by atoms with Gasteiger partial charge in [0, 0.05) is 41.8 Å². The van der Waals surface area contributed by atoms with E-state index >= 15 is 0 Å². The number of benzene rings is 1. The summed E-state index contributed by atoms with van der Waals surface area (Å²) >= 11 is 0. The number of carbonyl (C=O) groups is 1. The molecule has 0 spiro atoms. The van der Waals surface area contributed by atoms with Crippen LogP contribution in [-0.4, -0.2) is 59.2 Å². The van der Waals surface area contributed by atoms with Crippen LogP contribution in [0.4, 0.5) is 0 Å². The van der Waals surface area contributed by atoms with E-state index < -0.39 is 10.8 Å². The molecule has 3 unspecified atom stereocenters. The molecular weight excluding hydrogens is 340 g/mol. The van der Waals surface area contributed by atoms with E-state index in [1.807, 2.05) is 0 Å². The third-order valence-electron chi connectivity index (χ3n) is 5.22. The maximum absolute atomic E-state index is 12.7. The smallest absolute Gasteiger partial charge is 0.224 e. The van der Waals surface area contributed by atoms with Gasteiger partial charge < -0.3 is 19.7 Å². The van der Waals surface area contributed by atoms with E-state index in [1.165, 1.54) is 0 Å². The highest BCUT2D eigenvalue weighted by molar-refractivity contribution is 7.85.